The molecule has 24 heavy (non-hydrogen) atoms. The normalized spacial score (nSPS) is 10.2. The van der Waals surface area contributed by atoms with E-state index < -0.39 is 39.4 Å². The molecule has 2 aromatic carbocycles. The number of hydrogen-bond donors (Lipinski definition) is 0. The van der Waals surface area contributed by atoms with Gasteiger partial charge in [0.05, 0.1) is 27.4 Å². The molecule has 0 unspecified atom stereocenters. The maximum atomic E-state index is 11.2. The van der Waals surface area contributed by atoms with E-state index >= 15 is 0 Å². The average Bonchev–Trinajstić information content (AvgIpc) is 2.49. The Kier molecular flexibility index (Phi) is 4.91. The number of aromatic carboxylic acids is 2. The van der Waals surface area contributed by atoms with Crippen LogP contribution in [-0.2, 0) is 0 Å². The van der Waals surface area contributed by atoms with Crippen molar-refractivity contribution >= 4 is 40.8 Å². The molecule has 0 bridgehead atoms. The Balaban J connectivity index is 2.63. The lowest BCUT2D eigenvalue weighted by atomic mass is 10.1. The molecule has 0 fully saturated rings. The second-order valence-corrected chi connectivity index (χ2v) is 5.22. The summed E-state index contributed by atoms with van der Waals surface area (Å²) in [4.78, 5) is 32.0. The maximum absolute atomic E-state index is 11.2. The van der Waals surface area contributed by atoms with Crippen LogP contribution >= 0.6 is 23.2 Å². The van der Waals surface area contributed by atoms with Gasteiger partial charge in [0.25, 0.3) is 5.69 Å². The van der Waals surface area contributed by atoms with E-state index in [9.17, 15) is 29.9 Å². The van der Waals surface area contributed by atoms with Gasteiger partial charge >= 0.3 is 0 Å². The van der Waals surface area contributed by atoms with Gasteiger partial charge in [-0.25, -0.2) is 0 Å². The van der Waals surface area contributed by atoms with Crippen molar-refractivity contribution in [1.82, 2.24) is 0 Å². The summed E-state index contributed by atoms with van der Waals surface area (Å²) in [6.07, 6.45) is 0. The predicted octanol–water partition coefficient (Wildman–Crippen LogP) is 1.42. The second-order valence-electron chi connectivity index (χ2n) is 4.37. The van der Waals surface area contributed by atoms with Gasteiger partial charge in [-0.2, -0.15) is 0 Å². The van der Waals surface area contributed by atoms with Gasteiger partial charge in [0, 0.05) is 16.7 Å². The summed E-state index contributed by atoms with van der Waals surface area (Å²) in [6.45, 7) is 0. The summed E-state index contributed by atoms with van der Waals surface area (Å²) in [6, 6.07) is 5.18. The van der Waals surface area contributed by atoms with Crippen molar-refractivity contribution < 1.29 is 29.5 Å². The lowest BCUT2D eigenvalue weighted by Crippen LogP contribution is -2.26. The number of carboxylic acid groups (broad SMARTS) is 2. The van der Waals surface area contributed by atoms with Gasteiger partial charge in [0.1, 0.15) is 11.5 Å². The van der Waals surface area contributed by atoms with Crippen molar-refractivity contribution in [1.29, 1.82) is 0 Å². The van der Waals surface area contributed by atoms with Crippen molar-refractivity contribution in [2.45, 2.75) is 0 Å². The molecule has 10 heteroatoms. The molecule has 0 saturated carbocycles. The van der Waals surface area contributed by atoms with Gasteiger partial charge in [-0.05, 0) is 24.3 Å². The molecule has 0 aliphatic heterocycles. The smallest absolute Gasteiger partial charge is 0.279 e. The van der Waals surface area contributed by atoms with E-state index in [1.54, 1.807) is 0 Å². The third kappa shape index (κ3) is 3.55. The summed E-state index contributed by atoms with van der Waals surface area (Å²) < 4.78 is 5.26. The maximum Gasteiger partial charge on any atom is 0.279 e. The minimum Gasteiger partial charge on any atom is -0.545 e. The van der Waals surface area contributed by atoms with Crippen molar-refractivity contribution in [3.8, 4) is 11.5 Å². The largest absolute Gasteiger partial charge is 0.545 e. The van der Waals surface area contributed by atoms with Crippen LogP contribution in [0.15, 0.2) is 30.3 Å². The average molecular weight is 370 g/mol. The van der Waals surface area contributed by atoms with Gasteiger partial charge in [-0.1, -0.05) is 23.2 Å². The van der Waals surface area contributed by atoms with Crippen molar-refractivity contribution in [2.24, 2.45) is 0 Å². The standard InChI is InChI=1S/C14H7Cl2NO7/c15-6-1-2-11(9(16)3-6)24-12-5-7(13(18)19)10(17(22)23)4-8(12)14(20)21/h1-5H,(H,18,19)(H,20,21)/p-2. The Bertz CT molecular complexity index is 866. The van der Waals surface area contributed by atoms with Gasteiger partial charge in [-0.3, -0.25) is 10.1 Å². The van der Waals surface area contributed by atoms with Crippen LogP contribution in [0.3, 0.4) is 0 Å². The Hall–Kier alpha value is -2.84. The number of carbonyl (C=O) groups excluding carboxylic acids is 2. The summed E-state index contributed by atoms with van der Waals surface area (Å²) >= 11 is 11.6. The highest BCUT2D eigenvalue weighted by Crippen LogP contribution is 2.35. The first-order chi connectivity index (χ1) is 11.2. The van der Waals surface area contributed by atoms with E-state index in [2.05, 4.69) is 0 Å². The van der Waals surface area contributed by atoms with Crippen LogP contribution in [0.25, 0.3) is 0 Å². The number of carboxylic acids is 2. The number of benzene rings is 2. The molecule has 0 atom stereocenters. The van der Waals surface area contributed by atoms with Crippen LogP contribution in [-0.4, -0.2) is 16.9 Å². The first-order valence-electron chi connectivity index (χ1n) is 6.08. The molecule has 0 aromatic heterocycles. The quantitative estimate of drug-likeness (QED) is 0.574. The fraction of sp³-hybridized carbons (Fsp3) is 0. The monoisotopic (exact) mass is 369 g/mol. The van der Waals surface area contributed by atoms with Crippen molar-refractivity contribution in [3.63, 3.8) is 0 Å². The number of rotatable bonds is 5. The lowest BCUT2D eigenvalue weighted by Gasteiger charge is -2.15. The molecule has 0 amide bonds. The van der Waals surface area contributed by atoms with E-state index in [-0.39, 0.29) is 15.8 Å². The zero-order valence-corrected chi connectivity index (χ0v) is 13.0. The molecule has 0 aliphatic rings. The third-order valence-electron chi connectivity index (χ3n) is 2.85. The number of carbonyl (C=O) groups is 2. The Morgan fingerprint density at radius 1 is 0.958 bits per heavy atom. The molecule has 0 saturated heterocycles. The second kappa shape index (κ2) is 6.73. The van der Waals surface area contributed by atoms with Crippen LogP contribution in [0.1, 0.15) is 20.7 Å². The van der Waals surface area contributed by atoms with E-state index in [0.717, 1.165) is 0 Å². The van der Waals surface area contributed by atoms with Gasteiger partial charge in [0.2, 0.25) is 0 Å². The van der Waals surface area contributed by atoms with Crippen LogP contribution in [0, 0.1) is 10.1 Å². The first kappa shape index (κ1) is 17.5. The van der Waals surface area contributed by atoms with Crippen molar-refractivity contribution in [3.05, 3.63) is 61.6 Å². The molecule has 8 nitrogen and oxygen atoms in total. The number of hydrogen-bond acceptors (Lipinski definition) is 7. The zero-order valence-electron chi connectivity index (χ0n) is 11.4. The Labute approximate surface area is 144 Å². The summed E-state index contributed by atoms with van der Waals surface area (Å²) in [5.74, 6) is -4.23. The highest BCUT2D eigenvalue weighted by atomic mass is 35.5. The molecular formula is C14H5Cl2NO7-2. The molecule has 2 aromatic rings. The number of ether oxygens (including phenoxy) is 1. The molecule has 0 spiro atoms. The van der Waals surface area contributed by atoms with Crippen LogP contribution in [0.4, 0.5) is 5.69 Å². The molecule has 124 valence electrons. The number of nitrogens with zero attached hydrogens (tertiary/aromatic N) is 1. The first-order valence-corrected chi connectivity index (χ1v) is 6.84. The summed E-state index contributed by atoms with van der Waals surface area (Å²) in [5, 5.41) is 33.4. The minimum atomic E-state index is -1.88. The predicted molar refractivity (Wildman–Crippen MR) is 78.3 cm³/mol. The van der Waals surface area contributed by atoms with E-state index in [1.165, 1.54) is 18.2 Å². The number of halogens is 2. The number of nitro groups is 1. The Morgan fingerprint density at radius 2 is 1.58 bits per heavy atom. The van der Waals surface area contributed by atoms with E-state index in [1.807, 2.05) is 0 Å². The molecular weight excluding hydrogens is 365 g/mol. The van der Waals surface area contributed by atoms with Gasteiger partial charge in [0.15, 0.2) is 0 Å². The van der Waals surface area contributed by atoms with Crippen LogP contribution in [0.2, 0.25) is 10.0 Å². The molecule has 0 N–H and O–H groups in total. The highest BCUT2D eigenvalue weighted by molar-refractivity contribution is 6.35. The summed E-state index contributed by atoms with van der Waals surface area (Å²) in [7, 11) is 0. The minimum absolute atomic E-state index is 0.0140. The zero-order chi connectivity index (χ0) is 18.0. The molecule has 0 heterocycles. The Morgan fingerprint density at radius 3 is 2.08 bits per heavy atom. The molecule has 0 aliphatic carbocycles. The van der Waals surface area contributed by atoms with E-state index in [0.29, 0.717) is 12.1 Å². The molecule has 0 radical (unpaired) electrons. The SMILES string of the molecule is O=C([O-])c1cc([N+](=O)[O-])c(C(=O)[O-])cc1Oc1ccc(Cl)cc1Cl. The van der Waals surface area contributed by atoms with Crippen LogP contribution in [0.5, 0.6) is 11.5 Å². The van der Waals surface area contributed by atoms with E-state index in [4.69, 9.17) is 27.9 Å². The van der Waals surface area contributed by atoms with Crippen molar-refractivity contribution in [2.75, 3.05) is 0 Å². The van der Waals surface area contributed by atoms with Crippen LogP contribution < -0.4 is 14.9 Å². The van der Waals surface area contributed by atoms with Gasteiger partial charge < -0.3 is 24.5 Å². The topological polar surface area (TPSA) is 133 Å². The summed E-state index contributed by atoms with van der Waals surface area (Å²) in [5.41, 5.74) is -2.55. The fourth-order valence-corrected chi connectivity index (χ4v) is 2.25. The highest BCUT2D eigenvalue weighted by Gasteiger charge is 2.21. The van der Waals surface area contributed by atoms with Gasteiger partial charge in [-0.15, -0.1) is 0 Å². The number of nitro benzene ring substituents is 1. The molecule has 2 rings (SSSR count). The lowest BCUT2D eigenvalue weighted by molar-refractivity contribution is -0.386. The third-order valence-corrected chi connectivity index (χ3v) is 3.38. The fourth-order valence-electron chi connectivity index (χ4n) is 1.80.